The molecule has 0 spiro atoms. The van der Waals surface area contributed by atoms with Crippen LogP contribution in [0.5, 0.6) is 5.75 Å². The zero-order valence-corrected chi connectivity index (χ0v) is 11.4. The summed E-state index contributed by atoms with van der Waals surface area (Å²) in [5, 5.41) is 13.1. The van der Waals surface area contributed by atoms with Crippen LogP contribution in [-0.4, -0.2) is 16.6 Å². The fourth-order valence-corrected chi connectivity index (χ4v) is 2.66. The number of aromatic nitrogens is 1. The number of nitrogens with one attached hydrogen (secondary N) is 1. The first-order valence-corrected chi connectivity index (χ1v) is 7.01. The highest BCUT2D eigenvalue weighted by molar-refractivity contribution is 5.27. The van der Waals surface area contributed by atoms with Crippen LogP contribution < -0.4 is 5.32 Å². The van der Waals surface area contributed by atoms with Gasteiger partial charge in [0.2, 0.25) is 0 Å². The molecule has 0 unspecified atom stereocenters. The Bertz CT molecular complexity index is 384. The molecule has 18 heavy (non-hydrogen) atoms. The Labute approximate surface area is 110 Å². The lowest BCUT2D eigenvalue weighted by Gasteiger charge is -2.26. The van der Waals surface area contributed by atoms with Gasteiger partial charge in [-0.05, 0) is 50.3 Å². The van der Waals surface area contributed by atoms with E-state index in [2.05, 4.69) is 17.2 Å². The molecule has 0 saturated heterocycles. The fourth-order valence-electron chi connectivity index (χ4n) is 2.66. The highest BCUT2D eigenvalue weighted by Gasteiger charge is 2.17. The van der Waals surface area contributed by atoms with Gasteiger partial charge in [0.05, 0.1) is 5.69 Å². The molecule has 3 nitrogen and oxygen atoms in total. The molecule has 100 valence electrons. The Kier molecular flexibility index (Phi) is 4.59. The Balaban J connectivity index is 1.76. The van der Waals surface area contributed by atoms with Crippen LogP contribution in [-0.2, 0) is 6.54 Å². The summed E-state index contributed by atoms with van der Waals surface area (Å²) in [6.45, 7) is 6.01. The van der Waals surface area contributed by atoms with Crippen molar-refractivity contribution in [1.29, 1.82) is 0 Å². The quantitative estimate of drug-likeness (QED) is 0.861. The molecule has 1 fully saturated rings. The molecular weight excluding hydrogens is 224 g/mol. The van der Waals surface area contributed by atoms with Gasteiger partial charge in [-0.2, -0.15) is 0 Å². The molecule has 0 aliphatic heterocycles. The molecular formula is C15H24N2O. The SMILES string of the molecule is Cc1ccc(O)c(CNCC2CCC(C)CC2)n1. The molecule has 0 atom stereocenters. The molecule has 1 aromatic heterocycles. The van der Waals surface area contributed by atoms with Crippen molar-refractivity contribution in [2.75, 3.05) is 6.54 Å². The average Bonchev–Trinajstić information content (AvgIpc) is 2.36. The maximum atomic E-state index is 9.70. The first-order valence-electron chi connectivity index (χ1n) is 7.01. The summed E-state index contributed by atoms with van der Waals surface area (Å²) in [5.41, 5.74) is 1.72. The van der Waals surface area contributed by atoms with E-state index in [1.807, 2.05) is 13.0 Å². The van der Waals surface area contributed by atoms with Crippen molar-refractivity contribution in [3.8, 4) is 5.75 Å². The minimum Gasteiger partial charge on any atom is -0.506 e. The molecule has 2 N–H and O–H groups in total. The van der Waals surface area contributed by atoms with E-state index in [-0.39, 0.29) is 0 Å². The molecule has 1 saturated carbocycles. The second-order valence-electron chi connectivity index (χ2n) is 5.68. The Morgan fingerprint density at radius 2 is 2.00 bits per heavy atom. The van der Waals surface area contributed by atoms with Crippen LogP contribution in [0.1, 0.15) is 44.0 Å². The van der Waals surface area contributed by atoms with Crippen LogP contribution in [0.25, 0.3) is 0 Å². The predicted molar refractivity (Wildman–Crippen MR) is 73.5 cm³/mol. The van der Waals surface area contributed by atoms with Crippen molar-refractivity contribution in [1.82, 2.24) is 10.3 Å². The second kappa shape index (κ2) is 6.19. The van der Waals surface area contributed by atoms with E-state index in [1.54, 1.807) is 6.07 Å². The van der Waals surface area contributed by atoms with Crippen LogP contribution in [0.15, 0.2) is 12.1 Å². The Morgan fingerprint density at radius 3 is 2.72 bits per heavy atom. The minimum atomic E-state index is 0.297. The largest absolute Gasteiger partial charge is 0.506 e. The normalized spacial score (nSPS) is 24.1. The van der Waals surface area contributed by atoms with Gasteiger partial charge in [0.25, 0.3) is 0 Å². The van der Waals surface area contributed by atoms with Crippen LogP contribution in [0.4, 0.5) is 0 Å². The maximum Gasteiger partial charge on any atom is 0.138 e. The molecule has 0 radical (unpaired) electrons. The zero-order valence-electron chi connectivity index (χ0n) is 11.4. The van der Waals surface area contributed by atoms with Gasteiger partial charge in [0, 0.05) is 12.2 Å². The summed E-state index contributed by atoms with van der Waals surface area (Å²) in [6.07, 6.45) is 5.39. The smallest absolute Gasteiger partial charge is 0.138 e. The number of aromatic hydroxyl groups is 1. The van der Waals surface area contributed by atoms with Crippen molar-refractivity contribution in [2.24, 2.45) is 11.8 Å². The van der Waals surface area contributed by atoms with Gasteiger partial charge in [-0.15, -0.1) is 0 Å². The minimum absolute atomic E-state index is 0.297. The lowest BCUT2D eigenvalue weighted by molar-refractivity contribution is 0.281. The molecule has 3 heteroatoms. The second-order valence-corrected chi connectivity index (χ2v) is 5.68. The van der Waals surface area contributed by atoms with Crippen molar-refractivity contribution in [3.63, 3.8) is 0 Å². The van der Waals surface area contributed by atoms with Crippen molar-refractivity contribution in [3.05, 3.63) is 23.5 Å². The third kappa shape index (κ3) is 3.70. The number of hydrogen-bond donors (Lipinski definition) is 2. The first kappa shape index (κ1) is 13.3. The molecule has 1 aliphatic rings. The predicted octanol–water partition coefficient (Wildman–Crippen LogP) is 3.01. The van der Waals surface area contributed by atoms with E-state index >= 15 is 0 Å². The maximum absolute atomic E-state index is 9.70. The van der Waals surface area contributed by atoms with Crippen molar-refractivity contribution < 1.29 is 5.11 Å². The van der Waals surface area contributed by atoms with Crippen molar-refractivity contribution >= 4 is 0 Å². The highest BCUT2D eigenvalue weighted by Crippen LogP contribution is 2.27. The summed E-state index contributed by atoms with van der Waals surface area (Å²) in [4.78, 5) is 4.35. The standard InChI is InChI=1S/C15H24N2O/c1-11-3-6-13(7-4-11)9-16-10-14-15(18)8-5-12(2)17-14/h5,8,11,13,16,18H,3-4,6-7,9-10H2,1-2H3. The molecule has 0 amide bonds. The van der Waals surface area contributed by atoms with Crippen molar-refractivity contribution in [2.45, 2.75) is 46.1 Å². The van der Waals surface area contributed by atoms with Crippen LogP contribution >= 0.6 is 0 Å². The summed E-state index contributed by atoms with van der Waals surface area (Å²) < 4.78 is 0. The van der Waals surface area contributed by atoms with Crippen LogP contribution in [0, 0.1) is 18.8 Å². The van der Waals surface area contributed by atoms with Gasteiger partial charge >= 0.3 is 0 Å². The molecule has 1 aliphatic carbocycles. The molecule has 1 heterocycles. The van der Waals surface area contributed by atoms with E-state index in [9.17, 15) is 5.11 Å². The van der Waals surface area contributed by atoms with Crippen LogP contribution in [0.2, 0.25) is 0 Å². The summed E-state index contributed by atoms with van der Waals surface area (Å²) in [5.74, 6) is 2.00. The topological polar surface area (TPSA) is 45.1 Å². The molecule has 0 aromatic carbocycles. The van der Waals surface area contributed by atoms with E-state index in [1.165, 1.54) is 25.7 Å². The van der Waals surface area contributed by atoms with Gasteiger partial charge in [0.15, 0.2) is 0 Å². The molecule has 2 rings (SSSR count). The van der Waals surface area contributed by atoms with Gasteiger partial charge < -0.3 is 10.4 Å². The number of rotatable bonds is 4. The molecule has 0 bridgehead atoms. The monoisotopic (exact) mass is 248 g/mol. The Morgan fingerprint density at radius 1 is 1.28 bits per heavy atom. The van der Waals surface area contributed by atoms with E-state index in [0.717, 1.165) is 29.8 Å². The number of nitrogens with zero attached hydrogens (tertiary/aromatic N) is 1. The zero-order chi connectivity index (χ0) is 13.0. The van der Waals surface area contributed by atoms with Gasteiger partial charge in [-0.3, -0.25) is 4.98 Å². The first-order chi connectivity index (χ1) is 8.65. The van der Waals surface area contributed by atoms with Gasteiger partial charge in [-0.25, -0.2) is 0 Å². The van der Waals surface area contributed by atoms with Gasteiger partial charge in [-0.1, -0.05) is 19.8 Å². The average molecular weight is 248 g/mol. The highest BCUT2D eigenvalue weighted by atomic mass is 16.3. The fraction of sp³-hybridized carbons (Fsp3) is 0.667. The lowest BCUT2D eigenvalue weighted by Crippen LogP contribution is -2.26. The lowest BCUT2D eigenvalue weighted by atomic mass is 9.83. The van der Waals surface area contributed by atoms with E-state index in [4.69, 9.17) is 0 Å². The molecule has 1 aromatic rings. The number of pyridine rings is 1. The van der Waals surface area contributed by atoms with E-state index in [0.29, 0.717) is 12.3 Å². The summed E-state index contributed by atoms with van der Waals surface area (Å²) >= 11 is 0. The third-order valence-corrected chi connectivity index (χ3v) is 3.95. The van der Waals surface area contributed by atoms with Gasteiger partial charge in [0.1, 0.15) is 5.75 Å². The van der Waals surface area contributed by atoms with E-state index < -0.39 is 0 Å². The number of hydrogen-bond acceptors (Lipinski definition) is 3. The summed E-state index contributed by atoms with van der Waals surface area (Å²) in [7, 11) is 0. The Hall–Kier alpha value is -1.09. The summed E-state index contributed by atoms with van der Waals surface area (Å²) in [6, 6.07) is 3.56. The number of aryl methyl sites for hydroxylation is 1. The third-order valence-electron chi connectivity index (χ3n) is 3.95. The van der Waals surface area contributed by atoms with Crippen LogP contribution in [0.3, 0.4) is 0 Å².